The Bertz CT molecular complexity index is 982. The first-order valence-corrected chi connectivity index (χ1v) is 10.6. The lowest BCUT2D eigenvalue weighted by molar-refractivity contribution is -0.127. The van der Waals surface area contributed by atoms with E-state index in [0.717, 1.165) is 0 Å². The summed E-state index contributed by atoms with van der Waals surface area (Å²) < 4.78 is 33.3. The van der Waals surface area contributed by atoms with Crippen molar-refractivity contribution in [3.05, 3.63) is 36.7 Å². The molecule has 0 spiro atoms. The molecule has 0 radical (unpaired) electrons. The number of piperidine rings is 1. The summed E-state index contributed by atoms with van der Waals surface area (Å²) in [5.74, 6) is -2.69. The average molecular weight is 432 g/mol. The summed E-state index contributed by atoms with van der Waals surface area (Å²) in [6, 6.07) is 1.20. The number of likely N-dealkylation sites (tertiary alicyclic amines) is 1. The van der Waals surface area contributed by atoms with Crippen molar-refractivity contribution in [2.75, 3.05) is 13.1 Å². The normalized spacial score (nSPS) is 21.6. The second kappa shape index (κ2) is 8.64. The van der Waals surface area contributed by atoms with Crippen LogP contribution in [0.5, 0.6) is 5.75 Å². The molecule has 166 valence electrons. The number of halogens is 2. The van der Waals surface area contributed by atoms with E-state index in [1.165, 1.54) is 12.3 Å². The second-order valence-corrected chi connectivity index (χ2v) is 8.24. The van der Waals surface area contributed by atoms with Crippen molar-refractivity contribution in [3.8, 4) is 5.75 Å². The number of alkyl halides is 2. The van der Waals surface area contributed by atoms with Crippen molar-refractivity contribution in [3.63, 3.8) is 0 Å². The number of nitrogens with zero attached hydrogens (tertiary/aromatic N) is 2. The number of aromatic nitrogens is 2. The maximum Gasteiger partial charge on any atom is 0.253 e. The lowest BCUT2D eigenvalue weighted by atomic mass is 9.92. The number of H-pyrrole nitrogens is 1. The standard InChI is InChI=1S/C22H26F2N4O3/c1-2-19(29)28-8-5-15(6-9-28)31-16-10-17-18(13-26-20(17)25-12-16)21(30)27-14-4-3-7-22(23,24)11-14/h2,10,12-15H,1,3-9,11H2,(H,25,26)(H,27,30). The molecule has 2 aliphatic rings. The number of carbonyl (C=O) groups is 2. The zero-order valence-electron chi connectivity index (χ0n) is 17.2. The molecule has 1 aliphatic carbocycles. The van der Waals surface area contributed by atoms with Gasteiger partial charge in [-0.1, -0.05) is 6.58 Å². The van der Waals surface area contributed by atoms with Crippen molar-refractivity contribution in [1.29, 1.82) is 0 Å². The van der Waals surface area contributed by atoms with Gasteiger partial charge in [-0.3, -0.25) is 9.59 Å². The Morgan fingerprint density at radius 1 is 1.32 bits per heavy atom. The molecule has 0 bridgehead atoms. The maximum atomic E-state index is 13.7. The van der Waals surface area contributed by atoms with Crippen LogP contribution in [0.15, 0.2) is 31.1 Å². The Labute approximate surface area is 178 Å². The third kappa shape index (κ3) is 4.86. The Morgan fingerprint density at radius 3 is 2.81 bits per heavy atom. The highest BCUT2D eigenvalue weighted by Crippen LogP contribution is 2.33. The van der Waals surface area contributed by atoms with Gasteiger partial charge in [-0.2, -0.15) is 0 Å². The molecule has 9 heteroatoms. The molecule has 1 unspecified atom stereocenters. The second-order valence-electron chi connectivity index (χ2n) is 8.24. The van der Waals surface area contributed by atoms with Crippen molar-refractivity contribution >= 4 is 22.8 Å². The van der Waals surface area contributed by atoms with Crippen LogP contribution in [0.2, 0.25) is 0 Å². The fourth-order valence-corrected chi connectivity index (χ4v) is 4.31. The van der Waals surface area contributed by atoms with Gasteiger partial charge in [0, 0.05) is 56.4 Å². The first-order chi connectivity index (χ1) is 14.8. The van der Waals surface area contributed by atoms with Gasteiger partial charge >= 0.3 is 0 Å². The molecule has 4 rings (SSSR count). The number of ether oxygens (including phenoxy) is 1. The zero-order chi connectivity index (χ0) is 22.0. The molecule has 31 heavy (non-hydrogen) atoms. The summed E-state index contributed by atoms with van der Waals surface area (Å²) in [5.41, 5.74) is 0.881. The van der Waals surface area contributed by atoms with E-state index >= 15 is 0 Å². The summed E-state index contributed by atoms with van der Waals surface area (Å²) in [5, 5.41) is 3.32. The molecule has 2 aromatic rings. The fourth-order valence-electron chi connectivity index (χ4n) is 4.31. The SMILES string of the molecule is C=CC(=O)N1CCC(Oc2cnc3[nH]cc(C(=O)NC4CCCC(F)(F)C4)c3c2)CC1. The van der Waals surface area contributed by atoms with Gasteiger partial charge in [0.2, 0.25) is 11.8 Å². The molecule has 1 aliphatic heterocycles. The van der Waals surface area contributed by atoms with Gasteiger partial charge in [0.1, 0.15) is 17.5 Å². The number of pyridine rings is 1. The summed E-state index contributed by atoms with van der Waals surface area (Å²) in [4.78, 5) is 33.4. The van der Waals surface area contributed by atoms with Gasteiger partial charge in [0.15, 0.2) is 0 Å². The van der Waals surface area contributed by atoms with Crippen LogP contribution in [-0.2, 0) is 4.79 Å². The fraction of sp³-hybridized carbons (Fsp3) is 0.500. The number of amides is 2. The largest absolute Gasteiger partial charge is 0.489 e. The summed E-state index contributed by atoms with van der Waals surface area (Å²) >= 11 is 0. The molecular formula is C22H26F2N4O3. The molecule has 1 saturated carbocycles. The van der Waals surface area contributed by atoms with E-state index in [-0.39, 0.29) is 24.9 Å². The molecule has 1 saturated heterocycles. The zero-order valence-corrected chi connectivity index (χ0v) is 17.2. The van der Waals surface area contributed by atoms with Gasteiger partial charge in [-0.05, 0) is 25.0 Å². The molecule has 7 nitrogen and oxygen atoms in total. The van der Waals surface area contributed by atoms with E-state index in [9.17, 15) is 18.4 Å². The van der Waals surface area contributed by atoms with Crippen LogP contribution in [0.1, 0.15) is 48.9 Å². The van der Waals surface area contributed by atoms with E-state index in [1.807, 2.05) is 0 Å². The minimum Gasteiger partial charge on any atom is -0.489 e. The van der Waals surface area contributed by atoms with Crippen molar-refractivity contribution in [2.24, 2.45) is 0 Å². The minimum atomic E-state index is -2.73. The lowest BCUT2D eigenvalue weighted by Gasteiger charge is -2.31. The maximum absolute atomic E-state index is 13.7. The van der Waals surface area contributed by atoms with Crippen LogP contribution in [0, 0.1) is 0 Å². The number of hydrogen-bond donors (Lipinski definition) is 2. The van der Waals surface area contributed by atoms with Crippen molar-refractivity contribution in [2.45, 2.75) is 56.6 Å². The molecule has 2 fully saturated rings. The van der Waals surface area contributed by atoms with Crippen LogP contribution >= 0.6 is 0 Å². The van der Waals surface area contributed by atoms with Gasteiger partial charge in [-0.25, -0.2) is 13.8 Å². The van der Waals surface area contributed by atoms with Crippen molar-refractivity contribution < 1.29 is 23.1 Å². The van der Waals surface area contributed by atoms with E-state index in [4.69, 9.17) is 4.74 Å². The minimum absolute atomic E-state index is 0.0613. The van der Waals surface area contributed by atoms with Crippen LogP contribution in [0.3, 0.4) is 0 Å². The van der Waals surface area contributed by atoms with E-state index in [2.05, 4.69) is 21.9 Å². The highest BCUT2D eigenvalue weighted by Gasteiger charge is 2.37. The predicted octanol–water partition coefficient (Wildman–Crippen LogP) is 3.43. The summed E-state index contributed by atoms with van der Waals surface area (Å²) in [6.45, 7) is 4.69. The van der Waals surface area contributed by atoms with Gasteiger partial charge < -0.3 is 19.9 Å². The lowest BCUT2D eigenvalue weighted by Crippen LogP contribution is -2.42. The van der Waals surface area contributed by atoms with Gasteiger partial charge in [0.25, 0.3) is 5.91 Å². The van der Waals surface area contributed by atoms with Gasteiger partial charge in [0.05, 0.1) is 11.8 Å². The Balaban J connectivity index is 1.42. The third-order valence-electron chi connectivity index (χ3n) is 5.96. The molecule has 2 amide bonds. The number of nitrogens with one attached hydrogen (secondary N) is 2. The summed E-state index contributed by atoms with van der Waals surface area (Å²) in [7, 11) is 0. The molecule has 2 aromatic heterocycles. The van der Waals surface area contributed by atoms with E-state index in [1.54, 1.807) is 17.2 Å². The summed E-state index contributed by atoms with van der Waals surface area (Å²) in [6.07, 6.45) is 6.23. The Kier molecular flexibility index (Phi) is 5.93. The average Bonchev–Trinajstić information content (AvgIpc) is 3.16. The first-order valence-electron chi connectivity index (χ1n) is 10.6. The highest BCUT2D eigenvalue weighted by molar-refractivity contribution is 6.06. The molecule has 2 N–H and O–H groups in total. The Morgan fingerprint density at radius 2 is 2.10 bits per heavy atom. The van der Waals surface area contributed by atoms with E-state index < -0.39 is 17.9 Å². The third-order valence-corrected chi connectivity index (χ3v) is 5.96. The Hall–Kier alpha value is -2.97. The number of aromatic amines is 1. The van der Waals surface area contributed by atoms with Crippen LogP contribution < -0.4 is 10.1 Å². The quantitative estimate of drug-likeness (QED) is 0.709. The molecule has 0 aromatic carbocycles. The molecule has 3 heterocycles. The highest BCUT2D eigenvalue weighted by atomic mass is 19.3. The van der Waals surface area contributed by atoms with Crippen LogP contribution in [0.25, 0.3) is 11.0 Å². The number of fused-ring (bicyclic) bond motifs is 1. The van der Waals surface area contributed by atoms with Crippen molar-refractivity contribution in [1.82, 2.24) is 20.2 Å². The first kappa shape index (κ1) is 21.3. The molecule has 1 atom stereocenters. The number of rotatable bonds is 5. The van der Waals surface area contributed by atoms with E-state index in [0.29, 0.717) is 61.1 Å². The van der Waals surface area contributed by atoms with Crippen LogP contribution in [0.4, 0.5) is 8.78 Å². The smallest absolute Gasteiger partial charge is 0.253 e. The molecular weight excluding hydrogens is 406 g/mol. The van der Waals surface area contributed by atoms with Gasteiger partial charge in [-0.15, -0.1) is 0 Å². The number of carbonyl (C=O) groups excluding carboxylic acids is 2. The van der Waals surface area contributed by atoms with Crippen LogP contribution in [-0.4, -0.2) is 57.8 Å². The monoisotopic (exact) mass is 432 g/mol. The predicted molar refractivity (Wildman–Crippen MR) is 111 cm³/mol. The topological polar surface area (TPSA) is 87.3 Å². The number of hydrogen-bond acceptors (Lipinski definition) is 4.